The molecule has 4 rings (SSSR count). The number of hydrogen-bond donors (Lipinski definition) is 1. The first-order chi connectivity index (χ1) is 11.7. The molecule has 124 valence electrons. The Morgan fingerprint density at radius 1 is 1.04 bits per heavy atom. The summed E-state index contributed by atoms with van der Waals surface area (Å²) in [6.45, 7) is 8.30. The molecule has 0 radical (unpaired) electrons. The number of aromatic nitrogens is 4. The molecule has 0 unspecified atom stereocenters. The molecule has 0 amide bonds. The predicted octanol–water partition coefficient (Wildman–Crippen LogP) is 2.32. The number of piperazine rings is 1. The molecule has 0 aromatic carbocycles. The van der Waals surface area contributed by atoms with E-state index in [1.807, 2.05) is 29.0 Å². The Morgan fingerprint density at radius 2 is 1.79 bits per heavy atom. The van der Waals surface area contributed by atoms with Crippen molar-refractivity contribution in [3.05, 3.63) is 42.4 Å². The van der Waals surface area contributed by atoms with Crippen molar-refractivity contribution in [2.45, 2.75) is 19.8 Å². The van der Waals surface area contributed by atoms with Gasteiger partial charge in [0, 0.05) is 44.1 Å². The van der Waals surface area contributed by atoms with Crippen LogP contribution < -0.4 is 10.2 Å². The van der Waals surface area contributed by atoms with Gasteiger partial charge in [0.25, 0.3) is 0 Å². The number of anilines is 1. The summed E-state index contributed by atoms with van der Waals surface area (Å²) in [5.41, 5.74) is 4.14. The van der Waals surface area contributed by atoms with Crippen LogP contribution in [0.15, 0.2) is 36.7 Å². The van der Waals surface area contributed by atoms with Crippen molar-refractivity contribution in [2.75, 3.05) is 31.1 Å². The first-order valence-corrected chi connectivity index (χ1v) is 8.50. The van der Waals surface area contributed by atoms with Crippen molar-refractivity contribution in [3.8, 4) is 11.3 Å². The lowest BCUT2D eigenvalue weighted by molar-refractivity contribution is 0.582. The zero-order valence-corrected chi connectivity index (χ0v) is 14.1. The SMILES string of the molecule is CC(C)c1nc2ccc(N3CCNCC3)nn2c1-c1ccncc1. The average Bonchev–Trinajstić information content (AvgIpc) is 3.02. The first kappa shape index (κ1) is 15.1. The normalized spacial score (nSPS) is 15.4. The summed E-state index contributed by atoms with van der Waals surface area (Å²) in [5.74, 6) is 1.34. The maximum atomic E-state index is 4.91. The van der Waals surface area contributed by atoms with E-state index >= 15 is 0 Å². The van der Waals surface area contributed by atoms with Gasteiger partial charge in [-0.3, -0.25) is 4.98 Å². The van der Waals surface area contributed by atoms with Crippen LogP contribution in [0.1, 0.15) is 25.5 Å². The number of nitrogens with zero attached hydrogens (tertiary/aromatic N) is 5. The Bertz CT molecular complexity index is 833. The summed E-state index contributed by atoms with van der Waals surface area (Å²) >= 11 is 0. The third-order valence-corrected chi connectivity index (χ3v) is 4.43. The van der Waals surface area contributed by atoms with E-state index in [2.05, 4.69) is 41.2 Å². The number of hydrogen-bond acceptors (Lipinski definition) is 5. The lowest BCUT2D eigenvalue weighted by Crippen LogP contribution is -2.44. The second kappa shape index (κ2) is 6.20. The molecule has 0 saturated carbocycles. The highest BCUT2D eigenvalue weighted by Crippen LogP contribution is 2.30. The molecular weight excluding hydrogens is 300 g/mol. The summed E-state index contributed by atoms with van der Waals surface area (Å²) < 4.78 is 1.99. The van der Waals surface area contributed by atoms with Crippen molar-refractivity contribution in [1.82, 2.24) is 24.9 Å². The standard InChI is InChI=1S/C18H22N6/c1-13(2)17-18(14-5-7-19-8-6-14)24-15(21-17)3-4-16(22-24)23-11-9-20-10-12-23/h3-8,13,20H,9-12H2,1-2H3. The van der Waals surface area contributed by atoms with Gasteiger partial charge in [-0.15, -0.1) is 5.10 Å². The van der Waals surface area contributed by atoms with Crippen molar-refractivity contribution >= 4 is 11.5 Å². The fourth-order valence-electron chi connectivity index (χ4n) is 3.19. The molecule has 1 saturated heterocycles. The quantitative estimate of drug-likeness (QED) is 0.802. The number of imidazole rings is 1. The van der Waals surface area contributed by atoms with Gasteiger partial charge < -0.3 is 10.2 Å². The summed E-state index contributed by atoms with van der Waals surface area (Å²) in [4.78, 5) is 11.3. The summed E-state index contributed by atoms with van der Waals surface area (Å²) in [6.07, 6.45) is 3.64. The van der Waals surface area contributed by atoms with E-state index in [1.165, 1.54) is 0 Å². The van der Waals surface area contributed by atoms with E-state index < -0.39 is 0 Å². The molecule has 1 N–H and O–H groups in total. The molecule has 6 heteroatoms. The van der Waals surface area contributed by atoms with Crippen molar-refractivity contribution in [3.63, 3.8) is 0 Å². The maximum absolute atomic E-state index is 4.91. The molecule has 0 atom stereocenters. The molecule has 3 aromatic rings. The van der Waals surface area contributed by atoms with Crippen molar-refractivity contribution < 1.29 is 0 Å². The molecule has 0 aliphatic carbocycles. The molecule has 4 heterocycles. The third kappa shape index (κ3) is 2.63. The Labute approximate surface area is 141 Å². The topological polar surface area (TPSA) is 58.4 Å². The molecule has 0 bridgehead atoms. The van der Waals surface area contributed by atoms with Crippen LogP contribution in [0.3, 0.4) is 0 Å². The molecule has 1 aliphatic rings. The summed E-state index contributed by atoms with van der Waals surface area (Å²) in [5, 5.41) is 8.29. The summed E-state index contributed by atoms with van der Waals surface area (Å²) in [7, 11) is 0. The van der Waals surface area contributed by atoms with E-state index in [0.717, 1.165) is 54.6 Å². The Morgan fingerprint density at radius 3 is 2.50 bits per heavy atom. The van der Waals surface area contributed by atoms with Gasteiger partial charge in [0.1, 0.15) is 5.82 Å². The average molecular weight is 322 g/mol. The van der Waals surface area contributed by atoms with Crippen LogP contribution in [0, 0.1) is 0 Å². The lowest BCUT2D eigenvalue weighted by Gasteiger charge is -2.28. The Hall–Kier alpha value is -2.47. The smallest absolute Gasteiger partial charge is 0.154 e. The van der Waals surface area contributed by atoms with Crippen LogP contribution in [-0.4, -0.2) is 45.8 Å². The minimum atomic E-state index is 0.331. The molecular formula is C18H22N6. The van der Waals surface area contributed by atoms with Crippen LogP contribution >= 0.6 is 0 Å². The van der Waals surface area contributed by atoms with Crippen molar-refractivity contribution in [1.29, 1.82) is 0 Å². The first-order valence-electron chi connectivity index (χ1n) is 8.50. The van der Waals surface area contributed by atoms with Gasteiger partial charge in [0.2, 0.25) is 0 Å². The van der Waals surface area contributed by atoms with E-state index in [0.29, 0.717) is 5.92 Å². The number of rotatable bonds is 3. The number of pyridine rings is 1. The molecule has 1 fully saturated rings. The highest BCUT2D eigenvalue weighted by Gasteiger charge is 2.19. The molecule has 1 aliphatic heterocycles. The Kier molecular flexibility index (Phi) is 3.90. The minimum absolute atomic E-state index is 0.331. The minimum Gasteiger partial charge on any atom is -0.353 e. The van der Waals surface area contributed by atoms with E-state index in [9.17, 15) is 0 Å². The Balaban J connectivity index is 1.88. The van der Waals surface area contributed by atoms with Crippen LogP contribution in [0.5, 0.6) is 0 Å². The van der Waals surface area contributed by atoms with Gasteiger partial charge in [-0.1, -0.05) is 13.8 Å². The molecule has 3 aromatic heterocycles. The second-order valence-corrected chi connectivity index (χ2v) is 6.43. The van der Waals surface area contributed by atoms with Gasteiger partial charge in [-0.2, -0.15) is 0 Å². The lowest BCUT2D eigenvalue weighted by atomic mass is 10.0. The van der Waals surface area contributed by atoms with Gasteiger partial charge in [0.05, 0.1) is 11.4 Å². The highest BCUT2D eigenvalue weighted by molar-refractivity contribution is 5.67. The van der Waals surface area contributed by atoms with Crippen LogP contribution in [-0.2, 0) is 0 Å². The molecule has 24 heavy (non-hydrogen) atoms. The third-order valence-electron chi connectivity index (χ3n) is 4.43. The fourth-order valence-corrected chi connectivity index (χ4v) is 3.19. The second-order valence-electron chi connectivity index (χ2n) is 6.43. The maximum Gasteiger partial charge on any atom is 0.154 e. The van der Waals surface area contributed by atoms with E-state index in [-0.39, 0.29) is 0 Å². The van der Waals surface area contributed by atoms with Gasteiger partial charge in [-0.25, -0.2) is 9.50 Å². The monoisotopic (exact) mass is 322 g/mol. The number of fused-ring (bicyclic) bond motifs is 1. The highest BCUT2D eigenvalue weighted by atomic mass is 15.3. The van der Waals surface area contributed by atoms with E-state index in [1.54, 1.807) is 0 Å². The zero-order valence-electron chi connectivity index (χ0n) is 14.1. The van der Waals surface area contributed by atoms with Crippen LogP contribution in [0.25, 0.3) is 16.9 Å². The van der Waals surface area contributed by atoms with Gasteiger partial charge >= 0.3 is 0 Å². The van der Waals surface area contributed by atoms with Gasteiger partial charge in [-0.05, 0) is 30.2 Å². The van der Waals surface area contributed by atoms with Crippen molar-refractivity contribution in [2.24, 2.45) is 0 Å². The number of nitrogens with one attached hydrogen (secondary N) is 1. The van der Waals surface area contributed by atoms with Crippen LogP contribution in [0.2, 0.25) is 0 Å². The predicted molar refractivity (Wildman–Crippen MR) is 95.4 cm³/mol. The largest absolute Gasteiger partial charge is 0.353 e. The van der Waals surface area contributed by atoms with Gasteiger partial charge in [0.15, 0.2) is 5.65 Å². The zero-order chi connectivity index (χ0) is 16.5. The molecule has 0 spiro atoms. The fraction of sp³-hybridized carbons (Fsp3) is 0.389. The summed E-state index contributed by atoms with van der Waals surface area (Å²) in [6, 6.07) is 8.19. The molecule has 6 nitrogen and oxygen atoms in total. The van der Waals surface area contributed by atoms with Crippen LogP contribution in [0.4, 0.5) is 5.82 Å². The van der Waals surface area contributed by atoms with E-state index in [4.69, 9.17) is 10.1 Å².